The van der Waals surface area contributed by atoms with Crippen molar-refractivity contribution in [1.29, 1.82) is 0 Å². The average molecular weight is 448 g/mol. The molecule has 0 aliphatic carbocycles. The SMILES string of the molecule is O=C([O-])C(=O)OC(=O)C(=O)OC(=O)C(=O)[O-].[Ag+].[Ag+]. The summed E-state index contributed by atoms with van der Waals surface area (Å²) in [5.74, 6) is -13.6. The molecule has 0 fully saturated rings. The van der Waals surface area contributed by atoms with Gasteiger partial charge in [0.25, 0.3) is 0 Å². The van der Waals surface area contributed by atoms with Crippen LogP contribution < -0.4 is 10.2 Å². The van der Waals surface area contributed by atoms with Gasteiger partial charge >= 0.3 is 68.6 Å². The molecule has 0 aromatic carbocycles. The maximum atomic E-state index is 10.4. The van der Waals surface area contributed by atoms with Crippen LogP contribution in [-0.4, -0.2) is 35.8 Å². The fraction of sp³-hybridized carbons (Fsp3) is 0. The second-order valence-corrected chi connectivity index (χ2v) is 1.93. The summed E-state index contributed by atoms with van der Waals surface area (Å²) >= 11 is 0. The number of ether oxygens (including phenoxy) is 2. The predicted octanol–water partition coefficient (Wildman–Crippen LogP) is -5.38. The van der Waals surface area contributed by atoms with Crippen LogP contribution in [-0.2, 0) is 83.0 Å². The first kappa shape index (κ1) is 21.9. The Hall–Kier alpha value is -1.30. The van der Waals surface area contributed by atoms with Crippen molar-refractivity contribution in [2.75, 3.05) is 0 Å². The van der Waals surface area contributed by atoms with Crippen LogP contribution in [0, 0.1) is 0 Å². The van der Waals surface area contributed by atoms with Gasteiger partial charge in [0.1, 0.15) is 0 Å². The minimum absolute atomic E-state index is 0. The summed E-state index contributed by atoms with van der Waals surface area (Å²) in [6.07, 6.45) is 0. The number of carboxylic acid groups (broad SMARTS) is 2. The van der Waals surface area contributed by atoms with E-state index < -0.39 is 35.8 Å². The number of rotatable bonds is 0. The van der Waals surface area contributed by atoms with E-state index in [-0.39, 0.29) is 44.8 Å². The van der Waals surface area contributed by atoms with Crippen LogP contribution in [0.25, 0.3) is 0 Å². The second kappa shape index (κ2) is 9.70. The fourth-order valence-electron chi connectivity index (χ4n) is 0.335. The van der Waals surface area contributed by atoms with Crippen LogP contribution in [0.2, 0.25) is 0 Å². The largest absolute Gasteiger partial charge is 1.00 e. The molecule has 0 aromatic heterocycles. The predicted molar refractivity (Wildman–Crippen MR) is 32.2 cm³/mol. The van der Waals surface area contributed by atoms with Gasteiger partial charge in [0.05, 0.1) is 0 Å². The van der Waals surface area contributed by atoms with Gasteiger partial charge in [-0.1, -0.05) is 0 Å². The van der Waals surface area contributed by atoms with Crippen molar-refractivity contribution in [2.24, 2.45) is 0 Å². The maximum Gasteiger partial charge on any atom is 1.00 e. The van der Waals surface area contributed by atoms with Crippen LogP contribution in [0.5, 0.6) is 0 Å². The van der Waals surface area contributed by atoms with Crippen LogP contribution in [0.3, 0.4) is 0 Å². The Balaban J connectivity index is -0.00000112. The number of carbonyl (C=O) groups excluding carboxylic acids is 6. The van der Waals surface area contributed by atoms with E-state index in [9.17, 15) is 39.0 Å². The summed E-state index contributed by atoms with van der Waals surface area (Å²) in [6, 6.07) is 0. The molecule has 0 atom stereocenters. The van der Waals surface area contributed by atoms with Crippen LogP contribution in [0.1, 0.15) is 0 Å². The van der Waals surface area contributed by atoms with E-state index in [0.29, 0.717) is 0 Å². The molecule has 0 aliphatic rings. The number of aliphatic carboxylic acids is 2. The third-order valence-electron chi connectivity index (χ3n) is 0.871. The third kappa shape index (κ3) is 7.89. The van der Waals surface area contributed by atoms with E-state index in [0.717, 1.165) is 0 Å². The van der Waals surface area contributed by atoms with Crippen LogP contribution in [0.4, 0.5) is 0 Å². The van der Waals surface area contributed by atoms with Gasteiger partial charge in [-0.3, -0.25) is 0 Å². The summed E-state index contributed by atoms with van der Waals surface area (Å²) in [7, 11) is 0. The van der Waals surface area contributed by atoms with Gasteiger partial charge in [-0.15, -0.1) is 0 Å². The third-order valence-corrected chi connectivity index (χ3v) is 0.871. The van der Waals surface area contributed by atoms with Gasteiger partial charge in [0, 0.05) is 0 Å². The standard InChI is InChI=1S/C6H2O10.2Ag/c7-1(8)3(11)15-5(13)6(14)16-4(12)2(9)10;;/h(H,7,8)(H,9,10);;/q;2*+1/p-2. The average Bonchev–Trinajstić information content (AvgIpc) is 2.16. The Labute approximate surface area is 129 Å². The zero-order valence-electron chi connectivity index (χ0n) is 7.69. The molecule has 0 unspecified atom stereocenters. The van der Waals surface area contributed by atoms with Crippen molar-refractivity contribution in [3.8, 4) is 0 Å². The van der Waals surface area contributed by atoms with Gasteiger partial charge in [-0.05, 0) is 0 Å². The Bertz CT molecular complexity index is 361. The van der Waals surface area contributed by atoms with Crippen molar-refractivity contribution in [3.05, 3.63) is 0 Å². The van der Waals surface area contributed by atoms with Gasteiger partial charge < -0.3 is 29.3 Å². The van der Waals surface area contributed by atoms with Crippen LogP contribution >= 0.6 is 0 Å². The van der Waals surface area contributed by atoms with Gasteiger partial charge in [0.15, 0.2) is 11.9 Å². The summed E-state index contributed by atoms with van der Waals surface area (Å²) in [4.78, 5) is 60.6. The first-order valence-corrected chi connectivity index (χ1v) is 3.20. The minimum Gasteiger partial charge on any atom is -0.539 e. The zero-order chi connectivity index (χ0) is 12.9. The van der Waals surface area contributed by atoms with Crippen LogP contribution in [0.15, 0.2) is 0 Å². The van der Waals surface area contributed by atoms with E-state index in [1.165, 1.54) is 0 Å². The zero-order valence-corrected chi connectivity index (χ0v) is 10.7. The Morgan fingerprint density at radius 3 is 0.944 bits per heavy atom. The Kier molecular flexibility index (Phi) is 11.8. The topological polar surface area (TPSA) is 167 Å². The molecule has 0 aromatic rings. The molecule has 12 heteroatoms. The van der Waals surface area contributed by atoms with E-state index in [1.807, 2.05) is 0 Å². The molecular weight excluding hydrogens is 448 g/mol. The minimum atomic E-state index is -2.42. The molecule has 0 rings (SSSR count). The van der Waals surface area contributed by atoms with Crippen molar-refractivity contribution in [3.63, 3.8) is 0 Å². The van der Waals surface area contributed by atoms with E-state index in [1.54, 1.807) is 0 Å². The quantitative estimate of drug-likeness (QED) is 0.151. The monoisotopic (exact) mass is 446 g/mol. The van der Waals surface area contributed by atoms with Gasteiger partial charge in [-0.25, -0.2) is 19.2 Å². The summed E-state index contributed by atoms with van der Waals surface area (Å²) in [5.41, 5.74) is 0. The number of hydrogen-bond acceptors (Lipinski definition) is 10. The number of carbonyl (C=O) groups is 6. The summed E-state index contributed by atoms with van der Waals surface area (Å²) < 4.78 is 6.55. The number of carboxylic acids is 2. The first-order chi connectivity index (χ1) is 7.25. The molecule has 0 amide bonds. The van der Waals surface area contributed by atoms with E-state index in [2.05, 4.69) is 9.47 Å². The summed E-state index contributed by atoms with van der Waals surface area (Å²) in [6.45, 7) is 0. The smallest absolute Gasteiger partial charge is 0.539 e. The molecule has 0 saturated heterocycles. The van der Waals surface area contributed by atoms with Gasteiger partial charge in [-0.2, -0.15) is 0 Å². The molecular formula is C6Ag2O10. The van der Waals surface area contributed by atoms with Crippen molar-refractivity contribution in [2.45, 2.75) is 0 Å². The normalized spacial score (nSPS) is 7.78. The number of esters is 4. The Morgan fingerprint density at radius 2 is 0.778 bits per heavy atom. The fourth-order valence-corrected chi connectivity index (χ4v) is 0.335. The molecule has 106 valence electrons. The molecule has 10 nitrogen and oxygen atoms in total. The first-order valence-electron chi connectivity index (χ1n) is 3.20. The molecule has 18 heavy (non-hydrogen) atoms. The molecule has 0 aliphatic heterocycles. The van der Waals surface area contributed by atoms with Crippen molar-refractivity contribution in [1.82, 2.24) is 0 Å². The van der Waals surface area contributed by atoms with Gasteiger partial charge in [0.2, 0.25) is 0 Å². The Morgan fingerprint density at radius 1 is 0.556 bits per heavy atom. The maximum absolute atomic E-state index is 10.4. The van der Waals surface area contributed by atoms with Crippen molar-refractivity contribution < 1.29 is 93.2 Å². The second-order valence-electron chi connectivity index (χ2n) is 1.93. The molecule has 0 spiro atoms. The van der Waals surface area contributed by atoms with Crippen molar-refractivity contribution >= 4 is 35.8 Å². The molecule has 0 saturated carbocycles. The molecule has 0 heterocycles. The van der Waals surface area contributed by atoms with E-state index >= 15 is 0 Å². The molecule has 0 bridgehead atoms. The molecule has 0 N–H and O–H groups in total. The van der Waals surface area contributed by atoms with E-state index in [4.69, 9.17) is 0 Å². The number of hydrogen-bond donors (Lipinski definition) is 0. The summed E-state index contributed by atoms with van der Waals surface area (Å²) in [5, 5.41) is 19.5. The molecule has 0 radical (unpaired) electrons.